The van der Waals surface area contributed by atoms with Crippen LogP contribution in [0.15, 0.2) is 88.4 Å². The predicted octanol–water partition coefficient (Wildman–Crippen LogP) is 5.91. The Kier molecular flexibility index (Phi) is 5.51. The van der Waals surface area contributed by atoms with E-state index in [1.165, 1.54) is 6.20 Å². The second-order valence-electron chi connectivity index (χ2n) is 7.15. The molecule has 0 saturated heterocycles. The molecule has 0 radical (unpaired) electrons. The summed E-state index contributed by atoms with van der Waals surface area (Å²) in [5, 5.41) is 8.06. The second kappa shape index (κ2) is 8.61. The molecule has 3 heterocycles. The van der Waals surface area contributed by atoms with E-state index in [9.17, 15) is 4.79 Å². The number of aromatic nitrogens is 1. The zero-order chi connectivity index (χ0) is 22.1. The molecule has 0 spiro atoms. The van der Waals surface area contributed by atoms with Crippen LogP contribution in [0.3, 0.4) is 0 Å². The third-order valence-corrected chi connectivity index (χ3v) is 5.77. The van der Waals surface area contributed by atoms with Crippen molar-refractivity contribution in [3.05, 3.63) is 89.3 Å². The first kappa shape index (κ1) is 20.5. The number of alkyl halides is 1. The number of ether oxygens (including phenoxy) is 1. The number of rotatable bonds is 4. The number of hydrogen-bond donors (Lipinski definition) is 0. The Labute approximate surface area is 194 Å². The maximum absolute atomic E-state index is 13.0. The van der Waals surface area contributed by atoms with Crippen molar-refractivity contribution in [2.24, 2.45) is 10.2 Å². The van der Waals surface area contributed by atoms with Gasteiger partial charge in [-0.2, -0.15) is 5.11 Å². The summed E-state index contributed by atoms with van der Waals surface area (Å²) in [6, 6.07) is 18.4. The number of pyridine rings is 1. The lowest BCUT2D eigenvalue weighted by Gasteiger charge is -2.29. The largest absolute Gasteiger partial charge is 0.455 e. The number of carbonyl (C=O) groups excluding carboxylic acids is 1. The molecular formula is C23H17Cl2N5O2. The van der Waals surface area contributed by atoms with E-state index in [1.54, 1.807) is 28.1 Å². The molecule has 2 aliphatic rings. The van der Waals surface area contributed by atoms with Gasteiger partial charge in [0.05, 0.1) is 11.9 Å². The van der Waals surface area contributed by atoms with Crippen LogP contribution < -0.4 is 14.5 Å². The summed E-state index contributed by atoms with van der Waals surface area (Å²) in [5.41, 5.74) is 1.45. The maximum Gasteiger partial charge on any atom is 0.259 e. The number of azo groups is 1. The Morgan fingerprint density at radius 1 is 1.06 bits per heavy atom. The summed E-state index contributed by atoms with van der Waals surface area (Å²) >= 11 is 12.6. The van der Waals surface area contributed by atoms with Gasteiger partial charge in [0.25, 0.3) is 5.91 Å². The number of halogens is 2. The number of benzene rings is 2. The minimum absolute atomic E-state index is 0.0718. The van der Waals surface area contributed by atoms with Crippen molar-refractivity contribution in [1.82, 2.24) is 4.98 Å². The van der Waals surface area contributed by atoms with E-state index < -0.39 is 5.62 Å². The van der Waals surface area contributed by atoms with Crippen molar-refractivity contribution in [1.29, 1.82) is 0 Å². The van der Waals surface area contributed by atoms with Crippen molar-refractivity contribution in [3.63, 3.8) is 0 Å². The van der Waals surface area contributed by atoms with E-state index in [-0.39, 0.29) is 5.91 Å². The second-order valence-corrected chi connectivity index (χ2v) is 7.92. The molecule has 1 unspecified atom stereocenters. The van der Waals surface area contributed by atoms with Crippen LogP contribution in [0, 0.1) is 0 Å². The van der Waals surface area contributed by atoms with Gasteiger partial charge in [0, 0.05) is 18.3 Å². The van der Waals surface area contributed by atoms with Crippen molar-refractivity contribution in [2.75, 3.05) is 16.3 Å². The van der Waals surface area contributed by atoms with Gasteiger partial charge in [-0.25, -0.2) is 4.98 Å². The standard InChI is InChI=1S/C23H17Cl2N5O2/c24-20-14-27-28-23(25)30(20)18-5-1-2-6-19(18)32-16-8-9-17-15(13-16)10-12-29(22(17)31)21-7-3-4-11-26-21/h1-9,11,13-14,23H,10,12H2. The van der Waals surface area contributed by atoms with E-state index >= 15 is 0 Å². The summed E-state index contributed by atoms with van der Waals surface area (Å²) in [6.45, 7) is 0.552. The molecule has 9 heteroatoms. The molecule has 5 rings (SSSR count). The van der Waals surface area contributed by atoms with Crippen LogP contribution in [0.5, 0.6) is 11.5 Å². The van der Waals surface area contributed by atoms with Crippen molar-refractivity contribution < 1.29 is 9.53 Å². The van der Waals surface area contributed by atoms with Crippen LogP contribution in [-0.2, 0) is 6.42 Å². The Bertz CT molecular complexity index is 1230. The van der Waals surface area contributed by atoms with Gasteiger partial charge in [-0.1, -0.05) is 41.4 Å². The number of amides is 1. The lowest BCUT2D eigenvalue weighted by molar-refractivity contribution is 0.0980. The van der Waals surface area contributed by atoms with Crippen LogP contribution in [0.25, 0.3) is 0 Å². The lowest BCUT2D eigenvalue weighted by atomic mass is 9.98. The molecule has 160 valence electrons. The van der Waals surface area contributed by atoms with Crippen LogP contribution in [0.4, 0.5) is 11.5 Å². The highest BCUT2D eigenvalue weighted by Crippen LogP contribution is 2.39. The number of nitrogens with zero attached hydrogens (tertiary/aromatic N) is 5. The van der Waals surface area contributed by atoms with Gasteiger partial charge in [-0.15, -0.1) is 5.11 Å². The monoisotopic (exact) mass is 465 g/mol. The normalized spacial score (nSPS) is 17.8. The molecule has 2 aromatic carbocycles. The molecule has 0 saturated carbocycles. The quantitative estimate of drug-likeness (QED) is 0.354. The van der Waals surface area contributed by atoms with E-state index in [2.05, 4.69) is 15.2 Å². The summed E-state index contributed by atoms with van der Waals surface area (Å²) in [4.78, 5) is 20.6. The van der Waals surface area contributed by atoms with E-state index in [0.29, 0.717) is 46.7 Å². The van der Waals surface area contributed by atoms with Crippen LogP contribution in [-0.4, -0.2) is 23.1 Å². The molecular weight excluding hydrogens is 449 g/mol. The summed E-state index contributed by atoms with van der Waals surface area (Å²) in [7, 11) is 0. The minimum Gasteiger partial charge on any atom is -0.455 e. The molecule has 32 heavy (non-hydrogen) atoms. The van der Waals surface area contributed by atoms with Gasteiger partial charge in [0.2, 0.25) is 5.62 Å². The van der Waals surface area contributed by atoms with E-state index in [1.807, 2.05) is 48.5 Å². The molecule has 2 aliphatic heterocycles. The molecule has 0 fully saturated rings. The first-order valence-corrected chi connectivity index (χ1v) is 10.7. The first-order chi connectivity index (χ1) is 15.6. The number of para-hydroxylation sites is 2. The van der Waals surface area contributed by atoms with E-state index in [4.69, 9.17) is 27.9 Å². The fraction of sp³-hybridized carbons (Fsp3) is 0.130. The topological polar surface area (TPSA) is 70.4 Å². The average molecular weight is 466 g/mol. The van der Waals surface area contributed by atoms with Gasteiger partial charge in [0.15, 0.2) is 5.75 Å². The van der Waals surface area contributed by atoms with E-state index in [0.717, 1.165) is 5.56 Å². The Hall–Kier alpha value is -3.42. The number of hydrogen-bond acceptors (Lipinski definition) is 6. The maximum atomic E-state index is 13.0. The number of anilines is 2. The lowest BCUT2D eigenvalue weighted by Crippen LogP contribution is -2.38. The van der Waals surface area contributed by atoms with Crippen LogP contribution in [0.2, 0.25) is 0 Å². The fourth-order valence-corrected chi connectivity index (χ4v) is 4.25. The molecule has 1 amide bonds. The molecule has 0 aliphatic carbocycles. The SMILES string of the molecule is O=C1c2ccc(Oc3ccccc3N3C(Cl)=CN=NC3Cl)cc2CCN1c1ccccn1. The summed E-state index contributed by atoms with van der Waals surface area (Å²) < 4.78 is 6.18. The number of carbonyl (C=O) groups is 1. The van der Waals surface area contributed by atoms with Crippen molar-refractivity contribution in [2.45, 2.75) is 12.0 Å². The van der Waals surface area contributed by atoms with Gasteiger partial charge in [-0.3, -0.25) is 14.6 Å². The minimum atomic E-state index is -0.781. The van der Waals surface area contributed by atoms with Gasteiger partial charge in [0.1, 0.15) is 16.7 Å². The Balaban J connectivity index is 1.42. The molecule has 1 atom stereocenters. The highest BCUT2D eigenvalue weighted by Gasteiger charge is 2.28. The van der Waals surface area contributed by atoms with Gasteiger partial charge < -0.3 is 4.74 Å². The molecule has 0 bridgehead atoms. The van der Waals surface area contributed by atoms with Crippen molar-refractivity contribution >= 4 is 40.6 Å². The van der Waals surface area contributed by atoms with Gasteiger partial charge >= 0.3 is 0 Å². The zero-order valence-electron chi connectivity index (χ0n) is 16.7. The first-order valence-electron chi connectivity index (χ1n) is 9.93. The molecule has 1 aromatic heterocycles. The predicted molar refractivity (Wildman–Crippen MR) is 123 cm³/mol. The Morgan fingerprint density at radius 3 is 2.72 bits per heavy atom. The van der Waals surface area contributed by atoms with Crippen molar-refractivity contribution in [3.8, 4) is 11.5 Å². The molecule has 0 N–H and O–H groups in total. The summed E-state index contributed by atoms with van der Waals surface area (Å²) in [5.74, 6) is 1.74. The number of fused-ring (bicyclic) bond motifs is 1. The average Bonchev–Trinajstić information content (AvgIpc) is 2.81. The van der Waals surface area contributed by atoms with Gasteiger partial charge in [-0.05, 0) is 54.4 Å². The van der Waals surface area contributed by atoms with Crippen LogP contribution in [0.1, 0.15) is 15.9 Å². The molecule has 7 nitrogen and oxygen atoms in total. The highest BCUT2D eigenvalue weighted by molar-refractivity contribution is 6.33. The third-order valence-electron chi connectivity index (χ3n) is 5.20. The highest BCUT2D eigenvalue weighted by atomic mass is 35.5. The smallest absolute Gasteiger partial charge is 0.259 e. The Morgan fingerprint density at radius 2 is 1.91 bits per heavy atom. The molecule has 3 aromatic rings. The zero-order valence-corrected chi connectivity index (χ0v) is 18.2. The fourth-order valence-electron chi connectivity index (χ4n) is 3.71. The van der Waals surface area contributed by atoms with Crippen LogP contribution >= 0.6 is 23.2 Å². The summed E-state index contributed by atoms with van der Waals surface area (Å²) in [6.07, 6.45) is 3.81. The third kappa shape index (κ3) is 3.81.